The first kappa shape index (κ1) is 12.8. The van der Waals surface area contributed by atoms with Crippen molar-refractivity contribution < 1.29 is 13.9 Å². The molecule has 1 N–H and O–H groups in total. The maximum Gasteiger partial charge on any atom is 0.141 e. The average Bonchev–Trinajstić information content (AvgIpc) is 2.89. The standard InChI is InChI=1S/C16H14FNO2/c17-13-3-1-11(2-4-13)10-20-14-5-6-15-12(7-14)8-18-16(15)9-19/h1-7,9,16,18H,8,10H2. The Morgan fingerprint density at radius 2 is 2.05 bits per heavy atom. The Labute approximate surface area is 116 Å². The van der Waals surface area contributed by atoms with Crippen LogP contribution in [-0.2, 0) is 17.9 Å². The molecular weight excluding hydrogens is 257 g/mol. The molecule has 4 heteroatoms. The van der Waals surface area contributed by atoms with Crippen LogP contribution in [0, 0.1) is 5.82 Å². The second-order valence-corrected chi connectivity index (χ2v) is 4.77. The number of halogens is 1. The van der Waals surface area contributed by atoms with E-state index in [1.165, 1.54) is 12.1 Å². The van der Waals surface area contributed by atoms with Crippen LogP contribution >= 0.6 is 0 Å². The molecule has 20 heavy (non-hydrogen) atoms. The van der Waals surface area contributed by atoms with Crippen molar-refractivity contribution in [3.8, 4) is 5.75 Å². The Hall–Kier alpha value is -2.20. The topological polar surface area (TPSA) is 38.3 Å². The third kappa shape index (κ3) is 2.56. The number of aldehydes is 1. The quantitative estimate of drug-likeness (QED) is 0.869. The molecule has 0 amide bonds. The molecule has 0 fully saturated rings. The molecule has 0 bridgehead atoms. The predicted molar refractivity (Wildman–Crippen MR) is 72.8 cm³/mol. The lowest BCUT2D eigenvalue weighted by molar-refractivity contribution is -0.109. The molecule has 1 heterocycles. The lowest BCUT2D eigenvalue weighted by Crippen LogP contribution is -2.12. The molecular formula is C16H14FNO2. The van der Waals surface area contributed by atoms with E-state index in [2.05, 4.69) is 5.32 Å². The van der Waals surface area contributed by atoms with Gasteiger partial charge in [-0.2, -0.15) is 0 Å². The van der Waals surface area contributed by atoms with Crippen LogP contribution in [0.3, 0.4) is 0 Å². The van der Waals surface area contributed by atoms with E-state index < -0.39 is 0 Å². The molecule has 0 spiro atoms. The van der Waals surface area contributed by atoms with E-state index in [9.17, 15) is 9.18 Å². The molecule has 0 radical (unpaired) electrons. The number of ether oxygens (including phenoxy) is 1. The summed E-state index contributed by atoms with van der Waals surface area (Å²) in [6.07, 6.45) is 0.908. The highest BCUT2D eigenvalue weighted by molar-refractivity contribution is 5.64. The van der Waals surface area contributed by atoms with Crippen LogP contribution in [0.4, 0.5) is 4.39 Å². The highest BCUT2D eigenvalue weighted by atomic mass is 19.1. The third-order valence-corrected chi connectivity index (χ3v) is 3.42. The summed E-state index contributed by atoms with van der Waals surface area (Å²) in [5.41, 5.74) is 3.00. The minimum Gasteiger partial charge on any atom is -0.489 e. The summed E-state index contributed by atoms with van der Waals surface area (Å²) in [4.78, 5) is 10.9. The van der Waals surface area contributed by atoms with Gasteiger partial charge in [-0.3, -0.25) is 5.32 Å². The highest BCUT2D eigenvalue weighted by Crippen LogP contribution is 2.27. The van der Waals surface area contributed by atoms with Gasteiger partial charge in [0.2, 0.25) is 0 Å². The summed E-state index contributed by atoms with van der Waals surface area (Å²) in [5.74, 6) is 0.499. The minimum atomic E-state index is -0.253. The van der Waals surface area contributed by atoms with Crippen molar-refractivity contribution in [2.75, 3.05) is 0 Å². The lowest BCUT2D eigenvalue weighted by atomic mass is 10.1. The van der Waals surface area contributed by atoms with Crippen LogP contribution in [0.2, 0.25) is 0 Å². The monoisotopic (exact) mass is 271 g/mol. The van der Waals surface area contributed by atoms with Gasteiger partial charge < -0.3 is 9.53 Å². The molecule has 1 aliphatic heterocycles. The summed E-state index contributed by atoms with van der Waals surface area (Å²) in [6.45, 7) is 1.07. The molecule has 1 unspecified atom stereocenters. The second kappa shape index (κ2) is 5.43. The minimum absolute atomic E-state index is 0.212. The third-order valence-electron chi connectivity index (χ3n) is 3.42. The summed E-state index contributed by atoms with van der Waals surface area (Å²) in [5, 5.41) is 3.11. The molecule has 102 valence electrons. The maximum absolute atomic E-state index is 12.8. The van der Waals surface area contributed by atoms with Crippen molar-refractivity contribution in [3.63, 3.8) is 0 Å². The SMILES string of the molecule is O=CC1NCc2cc(OCc3ccc(F)cc3)ccc21. The average molecular weight is 271 g/mol. The van der Waals surface area contributed by atoms with E-state index in [-0.39, 0.29) is 11.9 Å². The molecule has 3 rings (SSSR count). The molecule has 2 aromatic carbocycles. The first-order valence-electron chi connectivity index (χ1n) is 6.45. The largest absolute Gasteiger partial charge is 0.489 e. The van der Waals surface area contributed by atoms with Gasteiger partial charge in [0.15, 0.2) is 0 Å². The van der Waals surface area contributed by atoms with E-state index in [1.54, 1.807) is 12.1 Å². The number of carbonyl (C=O) groups is 1. The first-order valence-corrected chi connectivity index (χ1v) is 6.45. The van der Waals surface area contributed by atoms with Crippen LogP contribution in [0.5, 0.6) is 5.75 Å². The highest BCUT2D eigenvalue weighted by Gasteiger charge is 2.21. The van der Waals surface area contributed by atoms with Gasteiger partial charge in [-0.25, -0.2) is 4.39 Å². The zero-order chi connectivity index (χ0) is 13.9. The summed E-state index contributed by atoms with van der Waals surface area (Å²) >= 11 is 0. The fraction of sp³-hybridized carbons (Fsp3) is 0.188. The van der Waals surface area contributed by atoms with Gasteiger partial charge in [0.05, 0.1) is 6.04 Å². The van der Waals surface area contributed by atoms with Crippen LogP contribution in [-0.4, -0.2) is 6.29 Å². The Bertz CT molecular complexity index is 625. The van der Waals surface area contributed by atoms with Gasteiger partial charge >= 0.3 is 0 Å². The molecule has 0 aromatic heterocycles. The number of hydrogen-bond donors (Lipinski definition) is 1. The molecule has 1 aliphatic rings. The van der Waals surface area contributed by atoms with Crippen molar-refractivity contribution in [3.05, 3.63) is 65.0 Å². The fourth-order valence-electron chi connectivity index (χ4n) is 2.33. The second-order valence-electron chi connectivity index (χ2n) is 4.77. The van der Waals surface area contributed by atoms with Gasteiger partial charge in [-0.05, 0) is 41.0 Å². The molecule has 1 atom stereocenters. The normalized spacial score (nSPS) is 16.8. The summed E-state index contributed by atoms with van der Waals surface area (Å²) < 4.78 is 18.5. The fourth-order valence-corrected chi connectivity index (χ4v) is 2.33. The van der Waals surface area contributed by atoms with Crippen molar-refractivity contribution in [2.24, 2.45) is 0 Å². The van der Waals surface area contributed by atoms with Crippen LogP contribution < -0.4 is 10.1 Å². The van der Waals surface area contributed by atoms with E-state index in [1.807, 2.05) is 18.2 Å². The zero-order valence-corrected chi connectivity index (χ0v) is 10.8. The van der Waals surface area contributed by atoms with Crippen LogP contribution in [0.1, 0.15) is 22.7 Å². The number of benzene rings is 2. The first-order chi connectivity index (χ1) is 9.76. The summed E-state index contributed by atoms with van der Waals surface area (Å²) in [6, 6.07) is 11.7. The van der Waals surface area contributed by atoms with Crippen molar-refractivity contribution in [1.82, 2.24) is 5.32 Å². The summed E-state index contributed by atoms with van der Waals surface area (Å²) in [7, 11) is 0. The number of carbonyl (C=O) groups excluding carboxylic acids is 1. The van der Waals surface area contributed by atoms with Gasteiger partial charge in [0.1, 0.15) is 24.5 Å². The number of hydrogen-bond acceptors (Lipinski definition) is 3. The van der Waals surface area contributed by atoms with Crippen LogP contribution in [0.25, 0.3) is 0 Å². The Morgan fingerprint density at radius 3 is 2.80 bits per heavy atom. The van der Waals surface area contributed by atoms with Gasteiger partial charge in [-0.15, -0.1) is 0 Å². The molecule has 3 nitrogen and oxygen atoms in total. The maximum atomic E-state index is 12.8. The van der Waals surface area contributed by atoms with Crippen molar-refractivity contribution in [1.29, 1.82) is 0 Å². The zero-order valence-electron chi connectivity index (χ0n) is 10.8. The van der Waals surface area contributed by atoms with E-state index in [0.29, 0.717) is 13.2 Å². The number of rotatable bonds is 4. The van der Waals surface area contributed by atoms with Crippen LogP contribution in [0.15, 0.2) is 42.5 Å². The van der Waals surface area contributed by atoms with Gasteiger partial charge in [-0.1, -0.05) is 18.2 Å². The molecule has 2 aromatic rings. The molecule has 0 aliphatic carbocycles. The van der Waals surface area contributed by atoms with E-state index >= 15 is 0 Å². The Morgan fingerprint density at radius 1 is 1.25 bits per heavy atom. The smallest absolute Gasteiger partial charge is 0.141 e. The Kier molecular flexibility index (Phi) is 3.48. The number of fused-ring (bicyclic) bond motifs is 1. The molecule has 0 saturated carbocycles. The van der Waals surface area contributed by atoms with E-state index in [4.69, 9.17) is 4.74 Å². The van der Waals surface area contributed by atoms with E-state index in [0.717, 1.165) is 28.7 Å². The molecule has 0 saturated heterocycles. The predicted octanol–water partition coefficient (Wildman–Crippen LogP) is 2.75. The number of nitrogens with one attached hydrogen (secondary N) is 1. The van der Waals surface area contributed by atoms with Crippen molar-refractivity contribution in [2.45, 2.75) is 19.2 Å². The lowest BCUT2D eigenvalue weighted by Gasteiger charge is -2.08. The Balaban J connectivity index is 1.70. The van der Waals surface area contributed by atoms with Crippen molar-refractivity contribution >= 4 is 6.29 Å². The van der Waals surface area contributed by atoms with Gasteiger partial charge in [0, 0.05) is 6.54 Å². The van der Waals surface area contributed by atoms with Gasteiger partial charge in [0.25, 0.3) is 0 Å².